The molecule has 0 heterocycles. The van der Waals surface area contributed by atoms with Crippen molar-refractivity contribution in [2.75, 3.05) is 26.4 Å². The molecule has 4 atom stereocenters. The molecule has 28 heavy (non-hydrogen) atoms. The predicted molar refractivity (Wildman–Crippen MR) is 113 cm³/mol. The van der Waals surface area contributed by atoms with Crippen LogP contribution in [0.25, 0.3) is 0 Å². The minimum absolute atomic E-state index is 0.0649. The summed E-state index contributed by atoms with van der Waals surface area (Å²) in [6.07, 6.45) is 6.92. The van der Waals surface area contributed by atoms with E-state index < -0.39 is 0 Å². The second-order valence-corrected chi connectivity index (χ2v) is 9.74. The molecule has 0 aromatic rings. The van der Waals surface area contributed by atoms with Gasteiger partial charge >= 0.3 is 5.97 Å². The Morgan fingerprint density at radius 3 is 2.18 bits per heavy atom. The standard InChI is InChI=1S/C24H38O4/c1-17(2)13-26-15-23(6,16-27-14-18(3)4)11-19(5)28-22(25)24(7)12-20-8-9-21(24)10-20/h8-9,19-21H,1,3,10-16H2,2,4-7H3. The zero-order chi connectivity index (χ0) is 20.9. The summed E-state index contributed by atoms with van der Waals surface area (Å²) in [5, 5.41) is 0. The topological polar surface area (TPSA) is 44.8 Å². The quantitative estimate of drug-likeness (QED) is 0.343. The number of fused-ring (bicyclic) bond motifs is 2. The minimum atomic E-state index is -0.378. The van der Waals surface area contributed by atoms with Gasteiger partial charge in [0.15, 0.2) is 0 Å². The summed E-state index contributed by atoms with van der Waals surface area (Å²) in [7, 11) is 0. The Balaban J connectivity index is 1.92. The fraction of sp³-hybridized carbons (Fsp3) is 0.708. The van der Waals surface area contributed by atoms with Crippen LogP contribution in [0.4, 0.5) is 0 Å². The summed E-state index contributed by atoms with van der Waals surface area (Å²) in [4.78, 5) is 12.9. The summed E-state index contributed by atoms with van der Waals surface area (Å²) in [6, 6.07) is 0. The molecule has 0 aromatic carbocycles. The van der Waals surface area contributed by atoms with Crippen molar-refractivity contribution in [3.8, 4) is 0 Å². The molecule has 0 saturated heterocycles. The molecule has 0 aliphatic heterocycles. The highest BCUT2D eigenvalue weighted by Crippen LogP contribution is 2.52. The van der Waals surface area contributed by atoms with Crippen LogP contribution in [0, 0.1) is 22.7 Å². The van der Waals surface area contributed by atoms with Gasteiger partial charge in [0.05, 0.1) is 37.9 Å². The number of allylic oxidation sites excluding steroid dienone is 2. The predicted octanol–water partition coefficient (Wildman–Crippen LogP) is 5.10. The van der Waals surface area contributed by atoms with E-state index in [1.807, 2.05) is 20.8 Å². The maximum Gasteiger partial charge on any atom is 0.312 e. The highest BCUT2D eigenvalue weighted by molar-refractivity contribution is 5.78. The van der Waals surface area contributed by atoms with Crippen LogP contribution in [0.15, 0.2) is 36.5 Å². The molecule has 2 aliphatic rings. The van der Waals surface area contributed by atoms with Crippen molar-refractivity contribution < 1.29 is 19.0 Å². The molecule has 0 N–H and O–H groups in total. The lowest BCUT2D eigenvalue weighted by atomic mass is 9.77. The van der Waals surface area contributed by atoms with Crippen molar-refractivity contribution in [2.45, 2.75) is 60.0 Å². The normalized spacial score (nSPS) is 27.0. The van der Waals surface area contributed by atoms with Crippen molar-refractivity contribution in [2.24, 2.45) is 22.7 Å². The Hall–Kier alpha value is -1.39. The first-order chi connectivity index (χ1) is 13.0. The van der Waals surface area contributed by atoms with Gasteiger partial charge in [-0.3, -0.25) is 4.79 Å². The van der Waals surface area contributed by atoms with Gasteiger partial charge in [0.2, 0.25) is 0 Å². The van der Waals surface area contributed by atoms with Crippen LogP contribution in [-0.4, -0.2) is 38.5 Å². The van der Waals surface area contributed by atoms with Crippen LogP contribution in [-0.2, 0) is 19.0 Å². The van der Waals surface area contributed by atoms with Gasteiger partial charge < -0.3 is 14.2 Å². The fourth-order valence-electron chi connectivity index (χ4n) is 4.48. The van der Waals surface area contributed by atoms with E-state index in [2.05, 4.69) is 39.2 Å². The number of carbonyl (C=O) groups excluding carboxylic acids is 1. The smallest absolute Gasteiger partial charge is 0.312 e. The van der Waals surface area contributed by atoms with Crippen molar-refractivity contribution in [3.63, 3.8) is 0 Å². The molecule has 1 fully saturated rings. The van der Waals surface area contributed by atoms with Crippen LogP contribution in [0.1, 0.15) is 53.9 Å². The number of esters is 1. The Labute approximate surface area is 171 Å². The van der Waals surface area contributed by atoms with Crippen molar-refractivity contribution >= 4 is 5.97 Å². The summed E-state index contributed by atoms with van der Waals surface area (Å²) in [5.74, 6) is 0.792. The molecule has 0 spiro atoms. The van der Waals surface area contributed by atoms with Gasteiger partial charge in [0.25, 0.3) is 0 Å². The van der Waals surface area contributed by atoms with Gasteiger partial charge in [-0.25, -0.2) is 0 Å². The molecule has 4 heteroatoms. The fourth-order valence-corrected chi connectivity index (χ4v) is 4.48. The second kappa shape index (κ2) is 9.41. The highest BCUT2D eigenvalue weighted by atomic mass is 16.5. The average molecular weight is 391 g/mol. The van der Waals surface area contributed by atoms with E-state index in [1.54, 1.807) is 0 Å². The number of rotatable bonds is 12. The van der Waals surface area contributed by atoms with Gasteiger partial charge in [0, 0.05) is 5.41 Å². The van der Waals surface area contributed by atoms with Gasteiger partial charge in [-0.05, 0) is 58.8 Å². The van der Waals surface area contributed by atoms with E-state index >= 15 is 0 Å². The Bertz CT molecular complexity index is 600. The molecule has 4 unspecified atom stereocenters. The Kier molecular flexibility index (Phi) is 7.69. The third kappa shape index (κ3) is 6.05. The summed E-state index contributed by atoms with van der Waals surface area (Å²) >= 11 is 0. The van der Waals surface area contributed by atoms with E-state index in [0.29, 0.717) is 44.7 Å². The van der Waals surface area contributed by atoms with E-state index in [-0.39, 0.29) is 22.9 Å². The Morgan fingerprint density at radius 1 is 1.18 bits per heavy atom. The molecule has 0 radical (unpaired) electrons. The summed E-state index contributed by atoms with van der Waals surface area (Å²) in [5.41, 5.74) is 1.35. The molecule has 0 aromatic heterocycles. The highest BCUT2D eigenvalue weighted by Gasteiger charge is 2.51. The van der Waals surface area contributed by atoms with Gasteiger partial charge in [-0.2, -0.15) is 0 Å². The molecule has 2 bridgehead atoms. The maximum atomic E-state index is 12.9. The largest absolute Gasteiger partial charge is 0.462 e. The zero-order valence-corrected chi connectivity index (χ0v) is 18.4. The number of carbonyl (C=O) groups is 1. The summed E-state index contributed by atoms with van der Waals surface area (Å²) < 4.78 is 17.6. The maximum absolute atomic E-state index is 12.9. The monoisotopic (exact) mass is 390 g/mol. The first-order valence-corrected chi connectivity index (χ1v) is 10.4. The van der Waals surface area contributed by atoms with Gasteiger partial charge in [-0.15, -0.1) is 0 Å². The van der Waals surface area contributed by atoms with Crippen LogP contribution in [0.3, 0.4) is 0 Å². The zero-order valence-electron chi connectivity index (χ0n) is 18.4. The Morgan fingerprint density at radius 2 is 1.75 bits per heavy atom. The van der Waals surface area contributed by atoms with Gasteiger partial charge in [-0.1, -0.05) is 43.4 Å². The van der Waals surface area contributed by atoms with Crippen LogP contribution >= 0.6 is 0 Å². The molecule has 158 valence electrons. The lowest BCUT2D eigenvalue weighted by molar-refractivity contribution is -0.164. The first kappa shape index (κ1) is 22.9. The first-order valence-electron chi connectivity index (χ1n) is 10.4. The molecular weight excluding hydrogens is 352 g/mol. The van der Waals surface area contributed by atoms with E-state index in [1.165, 1.54) is 0 Å². The van der Waals surface area contributed by atoms with E-state index in [4.69, 9.17) is 14.2 Å². The lowest BCUT2D eigenvalue weighted by Gasteiger charge is -2.34. The molecule has 2 rings (SSSR count). The molecule has 1 saturated carbocycles. The third-order valence-electron chi connectivity index (χ3n) is 5.83. The third-order valence-corrected chi connectivity index (χ3v) is 5.83. The SMILES string of the molecule is C=C(C)COCC(C)(COCC(=C)C)CC(C)OC(=O)C1(C)CC2C=CC1C2. The molecular formula is C24H38O4. The van der Waals surface area contributed by atoms with Crippen molar-refractivity contribution in [1.82, 2.24) is 0 Å². The van der Waals surface area contributed by atoms with Crippen LogP contribution < -0.4 is 0 Å². The van der Waals surface area contributed by atoms with E-state index in [0.717, 1.165) is 24.0 Å². The van der Waals surface area contributed by atoms with Crippen LogP contribution in [0.5, 0.6) is 0 Å². The lowest BCUT2D eigenvalue weighted by Crippen LogP contribution is -2.39. The number of ether oxygens (including phenoxy) is 3. The summed E-state index contributed by atoms with van der Waals surface area (Å²) in [6.45, 7) is 19.9. The van der Waals surface area contributed by atoms with Crippen molar-refractivity contribution in [1.29, 1.82) is 0 Å². The number of hydrogen-bond donors (Lipinski definition) is 0. The van der Waals surface area contributed by atoms with E-state index in [9.17, 15) is 4.79 Å². The van der Waals surface area contributed by atoms with Crippen molar-refractivity contribution in [3.05, 3.63) is 36.5 Å². The van der Waals surface area contributed by atoms with Crippen LogP contribution in [0.2, 0.25) is 0 Å². The van der Waals surface area contributed by atoms with Gasteiger partial charge in [0.1, 0.15) is 0 Å². The second-order valence-electron chi connectivity index (χ2n) is 9.74. The molecule has 4 nitrogen and oxygen atoms in total. The molecule has 2 aliphatic carbocycles. The minimum Gasteiger partial charge on any atom is -0.462 e. The molecule has 0 amide bonds. The average Bonchev–Trinajstić information content (AvgIpc) is 3.14. The number of hydrogen-bond acceptors (Lipinski definition) is 4.